The molecule has 1 fully saturated rings. The van der Waals surface area contributed by atoms with Crippen molar-refractivity contribution < 1.29 is 4.79 Å². The predicted molar refractivity (Wildman–Crippen MR) is 96.8 cm³/mol. The van der Waals surface area contributed by atoms with Crippen LogP contribution in [0.25, 0.3) is 0 Å². The van der Waals surface area contributed by atoms with Crippen LogP contribution in [-0.2, 0) is 24.9 Å². The fourth-order valence-electron chi connectivity index (χ4n) is 3.23. The lowest BCUT2D eigenvalue weighted by Gasteiger charge is -2.30. The second kappa shape index (κ2) is 7.49. The zero-order chi connectivity index (χ0) is 17.1. The van der Waals surface area contributed by atoms with E-state index >= 15 is 0 Å². The summed E-state index contributed by atoms with van der Waals surface area (Å²) in [6.07, 6.45) is 1.86. The number of carbonyl (C=O) groups excluding carboxylic acids is 1. The Balaban J connectivity index is 1.44. The summed E-state index contributed by atoms with van der Waals surface area (Å²) < 4.78 is 2.12. The topological polar surface area (TPSA) is 50.2 Å². The Morgan fingerprint density at radius 2 is 2.08 bits per heavy atom. The van der Waals surface area contributed by atoms with Crippen LogP contribution in [0, 0.1) is 19.8 Å². The van der Waals surface area contributed by atoms with Crippen LogP contribution in [0.2, 0.25) is 0 Å². The van der Waals surface area contributed by atoms with Gasteiger partial charge in [-0.2, -0.15) is 0 Å². The van der Waals surface area contributed by atoms with E-state index in [0.717, 1.165) is 48.9 Å². The van der Waals surface area contributed by atoms with Gasteiger partial charge in [-0.05, 0) is 51.9 Å². The van der Waals surface area contributed by atoms with Crippen molar-refractivity contribution in [2.45, 2.75) is 39.8 Å². The van der Waals surface area contributed by atoms with Gasteiger partial charge < -0.3 is 9.88 Å². The number of hydrogen-bond donors (Lipinski definition) is 1. The summed E-state index contributed by atoms with van der Waals surface area (Å²) >= 11 is 1.70. The monoisotopic (exact) mass is 346 g/mol. The number of rotatable bonds is 5. The number of thiazole rings is 1. The number of nitrogens with zero attached hydrogens (tertiary/aromatic N) is 3. The number of hydrogen-bond acceptors (Lipinski definition) is 4. The highest BCUT2D eigenvalue weighted by atomic mass is 32.1. The molecule has 0 aromatic carbocycles. The summed E-state index contributed by atoms with van der Waals surface area (Å²) in [4.78, 5) is 19.3. The van der Waals surface area contributed by atoms with Crippen LogP contribution in [0.3, 0.4) is 0 Å². The molecule has 1 aliphatic rings. The first-order valence-electron chi connectivity index (χ1n) is 8.55. The van der Waals surface area contributed by atoms with Gasteiger partial charge in [0.2, 0.25) is 5.91 Å². The maximum absolute atomic E-state index is 12.4. The van der Waals surface area contributed by atoms with Crippen molar-refractivity contribution in [1.82, 2.24) is 19.8 Å². The van der Waals surface area contributed by atoms with Crippen molar-refractivity contribution in [3.05, 3.63) is 39.6 Å². The Bertz CT molecular complexity index is 698. The van der Waals surface area contributed by atoms with Gasteiger partial charge in [0, 0.05) is 36.3 Å². The van der Waals surface area contributed by atoms with E-state index < -0.39 is 0 Å². The second-order valence-electron chi connectivity index (χ2n) is 6.65. The Morgan fingerprint density at radius 1 is 1.33 bits per heavy atom. The van der Waals surface area contributed by atoms with E-state index in [9.17, 15) is 4.79 Å². The predicted octanol–water partition coefficient (Wildman–Crippen LogP) is 2.63. The van der Waals surface area contributed by atoms with Crippen molar-refractivity contribution in [2.75, 3.05) is 13.1 Å². The molecule has 1 amide bonds. The summed E-state index contributed by atoms with van der Waals surface area (Å²) in [6, 6.07) is 4.16. The molecule has 0 aliphatic carbocycles. The van der Waals surface area contributed by atoms with Crippen molar-refractivity contribution in [3.63, 3.8) is 0 Å². The van der Waals surface area contributed by atoms with E-state index in [1.54, 1.807) is 11.3 Å². The Kier molecular flexibility index (Phi) is 5.36. The highest BCUT2D eigenvalue weighted by molar-refractivity contribution is 7.09. The Hall–Kier alpha value is -1.66. The summed E-state index contributed by atoms with van der Waals surface area (Å²) in [5.41, 5.74) is 3.52. The molecule has 0 unspecified atom stereocenters. The average Bonchev–Trinajstić information content (AvgIpc) is 3.12. The van der Waals surface area contributed by atoms with Gasteiger partial charge in [0.1, 0.15) is 0 Å². The first-order valence-corrected chi connectivity index (χ1v) is 9.43. The molecule has 0 spiro atoms. The van der Waals surface area contributed by atoms with E-state index in [2.05, 4.69) is 44.2 Å². The molecule has 2 aromatic rings. The molecule has 0 saturated carbocycles. The number of nitrogens with one attached hydrogen (secondary N) is 1. The highest BCUT2D eigenvalue weighted by Gasteiger charge is 2.25. The summed E-state index contributed by atoms with van der Waals surface area (Å²) in [7, 11) is 2.04. The molecule has 5 nitrogen and oxygen atoms in total. The van der Waals surface area contributed by atoms with Gasteiger partial charge in [-0.15, -0.1) is 11.3 Å². The molecule has 6 heteroatoms. The van der Waals surface area contributed by atoms with Crippen LogP contribution in [0.1, 0.15) is 34.9 Å². The number of piperidine rings is 1. The van der Waals surface area contributed by atoms with Gasteiger partial charge in [0.25, 0.3) is 0 Å². The van der Waals surface area contributed by atoms with Crippen molar-refractivity contribution in [2.24, 2.45) is 13.0 Å². The van der Waals surface area contributed by atoms with E-state index in [1.165, 1.54) is 5.69 Å². The van der Waals surface area contributed by atoms with Crippen molar-refractivity contribution in [1.29, 1.82) is 0 Å². The molecule has 0 bridgehead atoms. The largest absolute Gasteiger partial charge is 0.350 e. The highest BCUT2D eigenvalue weighted by Crippen LogP contribution is 2.20. The molecule has 24 heavy (non-hydrogen) atoms. The van der Waals surface area contributed by atoms with Crippen molar-refractivity contribution in [3.8, 4) is 0 Å². The summed E-state index contributed by atoms with van der Waals surface area (Å²) in [5.74, 6) is 0.331. The Morgan fingerprint density at radius 3 is 2.67 bits per heavy atom. The first kappa shape index (κ1) is 17.2. The minimum atomic E-state index is 0.139. The van der Waals surface area contributed by atoms with Crippen LogP contribution in [0.4, 0.5) is 0 Å². The van der Waals surface area contributed by atoms with Gasteiger partial charge in [0.15, 0.2) is 0 Å². The molecule has 1 aliphatic heterocycles. The fraction of sp³-hybridized carbons (Fsp3) is 0.556. The minimum Gasteiger partial charge on any atom is -0.350 e. The number of carbonyl (C=O) groups is 1. The lowest BCUT2D eigenvalue weighted by molar-refractivity contribution is -0.126. The zero-order valence-corrected chi connectivity index (χ0v) is 15.5. The normalized spacial score (nSPS) is 16.5. The molecule has 3 heterocycles. The van der Waals surface area contributed by atoms with E-state index in [4.69, 9.17) is 0 Å². The molecule has 0 atom stereocenters. The molecule has 3 rings (SSSR count). The number of aromatic nitrogens is 2. The SMILES string of the molecule is Cc1nc(CN2CCC(C(=O)NCc3ccc(C)n3C)CC2)cs1. The quantitative estimate of drug-likeness (QED) is 0.905. The number of amides is 1. The average molecular weight is 347 g/mol. The fourth-order valence-corrected chi connectivity index (χ4v) is 3.83. The smallest absolute Gasteiger partial charge is 0.223 e. The molecule has 0 radical (unpaired) electrons. The summed E-state index contributed by atoms with van der Waals surface area (Å²) in [5, 5.41) is 6.36. The lowest BCUT2D eigenvalue weighted by Crippen LogP contribution is -2.40. The third kappa shape index (κ3) is 4.05. The third-order valence-electron chi connectivity index (χ3n) is 4.93. The number of likely N-dealkylation sites (tertiary alicyclic amines) is 1. The van der Waals surface area contributed by atoms with Gasteiger partial charge in [0.05, 0.1) is 17.2 Å². The van der Waals surface area contributed by atoms with Gasteiger partial charge in [-0.25, -0.2) is 4.98 Å². The van der Waals surface area contributed by atoms with E-state index in [0.29, 0.717) is 6.54 Å². The minimum absolute atomic E-state index is 0.139. The van der Waals surface area contributed by atoms with Crippen LogP contribution < -0.4 is 5.32 Å². The van der Waals surface area contributed by atoms with Crippen LogP contribution in [0.5, 0.6) is 0 Å². The first-order chi connectivity index (χ1) is 11.5. The molecular formula is C18H26N4OS. The number of aryl methyl sites for hydroxylation is 2. The molecule has 1 N–H and O–H groups in total. The molecule has 1 saturated heterocycles. The maximum atomic E-state index is 12.4. The zero-order valence-electron chi connectivity index (χ0n) is 14.7. The van der Waals surface area contributed by atoms with E-state index in [-0.39, 0.29) is 11.8 Å². The lowest BCUT2D eigenvalue weighted by atomic mass is 9.96. The maximum Gasteiger partial charge on any atom is 0.223 e. The van der Waals surface area contributed by atoms with Crippen LogP contribution >= 0.6 is 11.3 Å². The molecule has 2 aromatic heterocycles. The van der Waals surface area contributed by atoms with Crippen LogP contribution in [-0.4, -0.2) is 33.4 Å². The summed E-state index contributed by atoms with van der Waals surface area (Å²) in [6.45, 7) is 7.57. The Labute approximate surface area is 147 Å². The van der Waals surface area contributed by atoms with Gasteiger partial charge in [-0.1, -0.05) is 0 Å². The van der Waals surface area contributed by atoms with Crippen LogP contribution in [0.15, 0.2) is 17.5 Å². The third-order valence-corrected chi connectivity index (χ3v) is 5.75. The standard InChI is InChI=1S/C18H26N4OS/c1-13-4-5-17(21(13)3)10-19-18(23)15-6-8-22(9-7-15)11-16-12-24-14(2)20-16/h4-5,12,15H,6-11H2,1-3H3,(H,19,23). The van der Waals surface area contributed by atoms with Crippen molar-refractivity contribution >= 4 is 17.2 Å². The molecule has 130 valence electrons. The second-order valence-corrected chi connectivity index (χ2v) is 7.71. The molecular weight excluding hydrogens is 320 g/mol. The van der Waals surface area contributed by atoms with E-state index in [1.807, 2.05) is 14.0 Å². The van der Waals surface area contributed by atoms with Gasteiger partial charge >= 0.3 is 0 Å². The van der Waals surface area contributed by atoms with Gasteiger partial charge in [-0.3, -0.25) is 9.69 Å².